The molecule has 8 heteroatoms. The number of hydrogen-bond donors (Lipinski definition) is 1. The van der Waals surface area contributed by atoms with E-state index in [0.717, 1.165) is 0 Å². The van der Waals surface area contributed by atoms with Crippen LogP contribution in [0.2, 0.25) is 5.02 Å². The lowest BCUT2D eigenvalue weighted by Crippen LogP contribution is -2.30. The van der Waals surface area contributed by atoms with E-state index in [0.29, 0.717) is 16.0 Å². The highest BCUT2D eigenvalue weighted by Crippen LogP contribution is 2.31. The van der Waals surface area contributed by atoms with Gasteiger partial charge in [0.05, 0.1) is 15.0 Å². The number of benzene rings is 1. The molecule has 1 heterocycles. The summed E-state index contributed by atoms with van der Waals surface area (Å²) < 4.78 is 24.3. The second-order valence-corrected chi connectivity index (χ2v) is 5.98. The predicted octanol–water partition coefficient (Wildman–Crippen LogP) is 3.40. The molecule has 1 aromatic heterocycles. The molecule has 1 aromatic carbocycles. The van der Waals surface area contributed by atoms with Crippen LogP contribution < -0.4 is 10.5 Å². The highest BCUT2D eigenvalue weighted by atomic mass is 79.9. The molecule has 0 bridgehead atoms. The maximum atomic E-state index is 13.3. The highest BCUT2D eigenvalue weighted by Gasteiger charge is 2.21. The van der Waals surface area contributed by atoms with Gasteiger partial charge in [-0.25, -0.2) is 4.39 Å². The predicted molar refractivity (Wildman–Crippen MR) is 75.0 cm³/mol. The topological polar surface area (TPSA) is 74.2 Å². The van der Waals surface area contributed by atoms with E-state index in [2.05, 4.69) is 26.1 Å². The van der Waals surface area contributed by atoms with Crippen LogP contribution in [0.25, 0.3) is 0 Å². The van der Waals surface area contributed by atoms with Gasteiger partial charge in [0.15, 0.2) is 12.4 Å². The third-order valence-electron chi connectivity index (χ3n) is 2.37. The molecule has 0 saturated heterocycles. The molecule has 0 radical (unpaired) electrons. The maximum Gasteiger partial charge on any atom is 0.264 e. The second-order valence-electron chi connectivity index (χ2n) is 4.72. The van der Waals surface area contributed by atoms with Crippen molar-refractivity contribution in [3.05, 3.63) is 39.2 Å². The maximum absolute atomic E-state index is 13.3. The van der Waals surface area contributed by atoms with Crippen LogP contribution in [0.5, 0.6) is 5.75 Å². The van der Waals surface area contributed by atoms with Crippen molar-refractivity contribution in [2.75, 3.05) is 0 Å². The average molecular weight is 365 g/mol. The molecule has 0 atom stereocenters. The highest BCUT2D eigenvalue weighted by molar-refractivity contribution is 9.10. The molecule has 0 aliphatic rings. The van der Waals surface area contributed by atoms with Gasteiger partial charge >= 0.3 is 0 Å². The van der Waals surface area contributed by atoms with Crippen molar-refractivity contribution < 1.29 is 13.7 Å². The Balaban J connectivity index is 2.09. The van der Waals surface area contributed by atoms with Gasteiger partial charge in [0.2, 0.25) is 0 Å². The number of rotatable bonds is 4. The molecule has 20 heavy (non-hydrogen) atoms. The number of aromatic nitrogens is 2. The summed E-state index contributed by atoms with van der Waals surface area (Å²) in [7, 11) is 0. The molecule has 0 aliphatic heterocycles. The first-order valence-electron chi connectivity index (χ1n) is 5.66. The molecule has 108 valence electrons. The van der Waals surface area contributed by atoms with E-state index in [4.69, 9.17) is 26.6 Å². The Morgan fingerprint density at radius 3 is 2.80 bits per heavy atom. The van der Waals surface area contributed by atoms with Crippen LogP contribution in [0, 0.1) is 5.82 Å². The normalized spacial score (nSPS) is 11.7. The molecular formula is C12H12BrClFN3O2. The van der Waals surface area contributed by atoms with Gasteiger partial charge in [0.1, 0.15) is 11.6 Å². The lowest BCUT2D eigenvalue weighted by atomic mass is 10.1. The van der Waals surface area contributed by atoms with Gasteiger partial charge in [-0.2, -0.15) is 4.98 Å². The molecule has 2 rings (SSSR count). The van der Waals surface area contributed by atoms with Crippen molar-refractivity contribution in [3.63, 3.8) is 0 Å². The van der Waals surface area contributed by atoms with Crippen LogP contribution in [-0.4, -0.2) is 10.1 Å². The largest absolute Gasteiger partial charge is 0.482 e. The average Bonchev–Trinajstić information content (AvgIpc) is 2.80. The Bertz CT molecular complexity index is 628. The Morgan fingerprint density at radius 1 is 1.50 bits per heavy atom. The molecule has 0 aliphatic carbocycles. The Labute approximate surface area is 128 Å². The molecule has 2 aromatic rings. The fourth-order valence-electron chi connectivity index (χ4n) is 1.33. The summed E-state index contributed by atoms with van der Waals surface area (Å²) in [6.07, 6.45) is 0. The molecule has 0 amide bonds. The molecule has 0 unspecified atom stereocenters. The Kier molecular flexibility index (Phi) is 4.31. The van der Waals surface area contributed by atoms with Gasteiger partial charge in [-0.05, 0) is 35.8 Å². The van der Waals surface area contributed by atoms with Crippen LogP contribution in [0.3, 0.4) is 0 Å². The zero-order chi connectivity index (χ0) is 14.9. The minimum absolute atomic E-state index is 0.00273. The summed E-state index contributed by atoms with van der Waals surface area (Å²) >= 11 is 8.87. The minimum atomic E-state index is -0.700. The summed E-state index contributed by atoms with van der Waals surface area (Å²) in [4.78, 5) is 4.10. The minimum Gasteiger partial charge on any atom is -0.482 e. The summed E-state index contributed by atoms with van der Waals surface area (Å²) in [5.41, 5.74) is 5.14. The third-order valence-corrected chi connectivity index (χ3v) is 3.28. The van der Waals surface area contributed by atoms with Crippen LogP contribution in [0.4, 0.5) is 4.39 Å². The number of nitrogens with two attached hydrogens (primary N) is 1. The summed E-state index contributed by atoms with van der Waals surface area (Å²) in [5.74, 6) is 0.344. The fourth-order valence-corrected chi connectivity index (χ4v) is 2.08. The molecule has 0 fully saturated rings. The lowest BCUT2D eigenvalue weighted by Gasteiger charge is -2.11. The molecule has 0 spiro atoms. The number of ether oxygens (including phenoxy) is 1. The first kappa shape index (κ1) is 15.2. The van der Waals surface area contributed by atoms with Crippen molar-refractivity contribution in [1.82, 2.24) is 10.1 Å². The Hall–Kier alpha value is -1.18. The van der Waals surface area contributed by atoms with Crippen molar-refractivity contribution in [1.29, 1.82) is 0 Å². The van der Waals surface area contributed by atoms with Crippen molar-refractivity contribution in [2.45, 2.75) is 26.0 Å². The van der Waals surface area contributed by atoms with Gasteiger partial charge in [0.25, 0.3) is 5.89 Å². The van der Waals surface area contributed by atoms with Crippen LogP contribution in [0.1, 0.15) is 25.6 Å². The summed E-state index contributed by atoms with van der Waals surface area (Å²) in [5, 5.41) is 3.76. The van der Waals surface area contributed by atoms with E-state index in [9.17, 15) is 4.39 Å². The number of nitrogens with zero attached hydrogens (tertiary/aromatic N) is 2. The molecule has 2 N–H and O–H groups in total. The van der Waals surface area contributed by atoms with Gasteiger partial charge in [0, 0.05) is 6.07 Å². The summed E-state index contributed by atoms with van der Waals surface area (Å²) in [6, 6.07) is 2.59. The Morgan fingerprint density at radius 2 is 2.20 bits per heavy atom. The molecule has 5 nitrogen and oxygen atoms in total. The van der Waals surface area contributed by atoms with Gasteiger partial charge < -0.3 is 15.0 Å². The molecule has 0 saturated carbocycles. The van der Waals surface area contributed by atoms with Crippen LogP contribution in [0.15, 0.2) is 21.1 Å². The summed E-state index contributed by atoms with van der Waals surface area (Å²) in [6.45, 7) is 3.52. The monoisotopic (exact) mass is 363 g/mol. The van der Waals surface area contributed by atoms with Gasteiger partial charge in [-0.3, -0.25) is 0 Å². The lowest BCUT2D eigenvalue weighted by molar-refractivity contribution is 0.240. The van der Waals surface area contributed by atoms with Gasteiger partial charge in [-0.1, -0.05) is 16.8 Å². The van der Waals surface area contributed by atoms with Crippen molar-refractivity contribution >= 4 is 27.5 Å². The van der Waals surface area contributed by atoms with Crippen molar-refractivity contribution in [3.8, 4) is 5.75 Å². The van der Waals surface area contributed by atoms with E-state index >= 15 is 0 Å². The third kappa shape index (κ3) is 3.47. The van der Waals surface area contributed by atoms with Crippen LogP contribution in [-0.2, 0) is 12.1 Å². The van der Waals surface area contributed by atoms with E-state index in [1.807, 2.05) is 0 Å². The second kappa shape index (κ2) is 5.67. The van der Waals surface area contributed by atoms with Crippen molar-refractivity contribution in [2.24, 2.45) is 5.73 Å². The standard InChI is InChI=1S/C12H12BrClFN3O2/c1-12(2,16)11-17-10(20-18-11)5-19-9-4-8(15)7(14)3-6(9)13/h3-4H,5,16H2,1-2H3. The van der Waals surface area contributed by atoms with E-state index in [-0.39, 0.29) is 17.5 Å². The number of halogens is 3. The smallest absolute Gasteiger partial charge is 0.264 e. The van der Waals surface area contributed by atoms with Crippen LogP contribution >= 0.6 is 27.5 Å². The SMILES string of the molecule is CC(C)(N)c1noc(COc2cc(F)c(Cl)cc2Br)n1. The number of hydrogen-bond acceptors (Lipinski definition) is 5. The molecular weight excluding hydrogens is 353 g/mol. The van der Waals surface area contributed by atoms with Gasteiger partial charge in [-0.15, -0.1) is 0 Å². The first-order chi connectivity index (χ1) is 9.27. The van der Waals surface area contributed by atoms with E-state index in [1.54, 1.807) is 13.8 Å². The quantitative estimate of drug-likeness (QED) is 0.842. The van der Waals surface area contributed by atoms with E-state index < -0.39 is 11.4 Å². The fraction of sp³-hybridized carbons (Fsp3) is 0.333. The first-order valence-corrected chi connectivity index (χ1v) is 6.84. The van der Waals surface area contributed by atoms with E-state index in [1.165, 1.54) is 12.1 Å². The zero-order valence-corrected chi connectivity index (χ0v) is 13.1. The zero-order valence-electron chi connectivity index (χ0n) is 10.8.